The zero-order valence-electron chi connectivity index (χ0n) is 20.4. The molecule has 1 spiro atoms. The van der Waals surface area contributed by atoms with Gasteiger partial charge < -0.3 is 19.9 Å². The van der Waals surface area contributed by atoms with Crippen molar-refractivity contribution in [2.24, 2.45) is 5.41 Å². The van der Waals surface area contributed by atoms with Gasteiger partial charge in [0.1, 0.15) is 6.10 Å². The molecule has 3 aliphatic rings. The fourth-order valence-electron chi connectivity index (χ4n) is 5.56. The standard InChI is InChI=1S/C28H36N4O3/c33-26-28(14-19-32(26)21-22-6-5-15-29-20-22)12-17-31(18-13-28)16-11-25(23-7-2-1-3-8-23)30-27(34)35-24-9-4-10-24/h1-3,5-8,15,20,24-25H,4,9-14,16-19,21H2,(H,30,34)/t25-/m0/s1. The van der Waals surface area contributed by atoms with Gasteiger partial charge in [0.2, 0.25) is 5.91 Å². The van der Waals surface area contributed by atoms with E-state index in [-0.39, 0.29) is 23.7 Å². The largest absolute Gasteiger partial charge is 0.446 e. The van der Waals surface area contributed by atoms with Gasteiger partial charge in [0.15, 0.2) is 0 Å². The molecule has 2 amide bonds. The Labute approximate surface area is 207 Å². The number of piperidine rings is 1. The summed E-state index contributed by atoms with van der Waals surface area (Å²) in [7, 11) is 0. The molecule has 7 heteroatoms. The number of alkyl carbamates (subject to hydrolysis) is 1. The van der Waals surface area contributed by atoms with Gasteiger partial charge in [-0.15, -0.1) is 0 Å². The molecular formula is C28H36N4O3. The van der Waals surface area contributed by atoms with Crippen LogP contribution in [0.2, 0.25) is 0 Å². The van der Waals surface area contributed by atoms with Gasteiger partial charge in [-0.3, -0.25) is 9.78 Å². The summed E-state index contributed by atoms with van der Waals surface area (Å²) < 4.78 is 5.55. The first-order valence-electron chi connectivity index (χ1n) is 13.0. The van der Waals surface area contributed by atoms with Crippen LogP contribution in [0.25, 0.3) is 0 Å². The number of carbonyl (C=O) groups excluding carboxylic acids is 2. The third-order valence-corrected chi connectivity index (χ3v) is 8.06. The lowest BCUT2D eigenvalue weighted by molar-refractivity contribution is -0.138. The summed E-state index contributed by atoms with van der Waals surface area (Å²) in [5, 5.41) is 3.10. The maximum atomic E-state index is 13.3. The quantitative estimate of drug-likeness (QED) is 0.615. The maximum absolute atomic E-state index is 13.3. The molecule has 1 saturated carbocycles. The van der Waals surface area contributed by atoms with E-state index in [9.17, 15) is 9.59 Å². The van der Waals surface area contributed by atoms with Gasteiger partial charge in [-0.1, -0.05) is 36.4 Å². The third-order valence-electron chi connectivity index (χ3n) is 8.06. The Balaban J connectivity index is 1.13. The van der Waals surface area contributed by atoms with E-state index in [1.54, 1.807) is 6.20 Å². The lowest BCUT2D eigenvalue weighted by Crippen LogP contribution is -2.45. The molecular weight excluding hydrogens is 440 g/mol. The summed E-state index contributed by atoms with van der Waals surface area (Å²) in [6.07, 6.45) is 10.0. The third kappa shape index (κ3) is 5.67. The molecule has 3 heterocycles. The van der Waals surface area contributed by atoms with Crippen LogP contribution in [-0.2, 0) is 16.1 Å². The fraction of sp³-hybridized carbons (Fsp3) is 0.536. The normalized spacial score (nSPS) is 21.0. The molecule has 1 aromatic heterocycles. The Hall–Kier alpha value is -2.93. The Morgan fingerprint density at radius 3 is 2.54 bits per heavy atom. The van der Waals surface area contributed by atoms with E-state index < -0.39 is 0 Å². The van der Waals surface area contributed by atoms with Crippen LogP contribution < -0.4 is 5.32 Å². The van der Waals surface area contributed by atoms with E-state index >= 15 is 0 Å². The highest BCUT2D eigenvalue weighted by Crippen LogP contribution is 2.42. The van der Waals surface area contributed by atoms with Gasteiger partial charge in [-0.25, -0.2) is 4.79 Å². The molecule has 186 valence electrons. The average Bonchev–Trinajstić information content (AvgIpc) is 3.16. The second-order valence-corrected chi connectivity index (χ2v) is 10.3. The number of nitrogens with zero attached hydrogens (tertiary/aromatic N) is 3. The van der Waals surface area contributed by atoms with Crippen molar-refractivity contribution in [2.75, 3.05) is 26.2 Å². The molecule has 35 heavy (non-hydrogen) atoms. The van der Waals surface area contributed by atoms with Crippen molar-refractivity contribution in [3.05, 3.63) is 66.0 Å². The van der Waals surface area contributed by atoms with Crippen molar-refractivity contribution >= 4 is 12.0 Å². The molecule has 0 unspecified atom stereocenters. The molecule has 0 bridgehead atoms. The number of carbonyl (C=O) groups is 2. The summed E-state index contributed by atoms with van der Waals surface area (Å²) >= 11 is 0. The Kier molecular flexibility index (Phi) is 7.32. The highest BCUT2D eigenvalue weighted by Gasteiger charge is 2.47. The number of nitrogens with one attached hydrogen (secondary N) is 1. The van der Waals surface area contributed by atoms with Gasteiger partial charge in [-0.05, 0) is 75.2 Å². The van der Waals surface area contributed by atoms with E-state index in [0.717, 1.165) is 82.3 Å². The molecule has 1 aromatic carbocycles. The van der Waals surface area contributed by atoms with Crippen molar-refractivity contribution in [3.8, 4) is 0 Å². The van der Waals surface area contributed by atoms with Crippen molar-refractivity contribution in [1.82, 2.24) is 20.1 Å². The first kappa shape index (κ1) is 23.8. The number of rotatable bonds is 8. The van der Waals surface area contributed by atoms with E-state index in [1.807, 2.05) is 41.4 Å². The van der Waals surface area contributed by atoms with Gasteiger partial charge in [0, 0.05) is 32.0 Å². The van der Waals surface area contributed by atoms with E-state index in [4.69, 9.17) is 4.74 Å². The lowest BCUT2D eigenvalue weighted by Gasteiger charge is -2.38. The molecule has 2 aromatic rings. The molecule has 1 aliphatic carbocycles. The predicted octanol–water partition coefficient (Wildman–Crippen LogP) is 4.31. The molecule has 2 aliphatic heterocycles. The van der Waals surface area contributed by atoms with Crippen LogP contribution >= 0.6 is 0 Å². The summed E-state index contributed by atoms with van der Waals surface area (Å²) in [5.41, 5.74) is 1.98. The predicted molar refractivity (Wildman–Crippen MR) is 133 cm³/mol. The number of pyridine rings is 1. The number of amides is 2. The van der Waals surface area contributed by atoms with Gasteiger partial charge >= 0.3 is 6.09 Å². The van der Waals surface area contributed by atoms with E-state index in [2.05, 4.69) is 27.3 Å². The van der Waals surface area contributed by atoms with Crippen LogP contribution in [0.4, 0.5) is 4.79 Å². The number of hydrogen-bond acceptors (Lipinski definition) is 5. The van der Waals surface area contributed by atoms with Crippen LogP contribution in [0.15, 0.2) is 54.9 Å². The lowest BCUT2D eigenvalue weighted by atomic mass is 9.77. The topological polar surface area (TPSA) is 74.8 Å². The highest BCUT2D eigenvalue weighted by molar-refractivity contribution is 5.85. The van der Waals surface area contributed by atoms with E-state index in [0.29, 0.717) is 12.5 Å². The Bertz CT molecular complexity index is 988. The van der Waals surface area contributed by atoms with Crippen LogP contribution in [-0.4, -0.2) is 59.1 Å². The van der Waals surface area contributed by atoms with Crippen molar-refractivity contribution < 1.29 is 14.3 Å². The number of ether oxygens (including phenoxy) is 1. The number of benzene rings is 1. The van der Waals surface area contributed by atoms with Crippen LogP contribution in [0, 0.1) is 5.41 Å². The molecule has 0 radical (unpaired) electrons. The van der Waals surface area contributed by atoms with Gasteiger partial charge in [0.05, 0.1) is 11.5 Å². The minimum atomic E-state index is -0.314. The molecule has 5 rings (SSSR count). The maximum Gasteiger partial charge on any atom is 0.407 e. The first-order valence-corrected chi connectivity index (χ1v) is 13.0. The molecule has 7 nitrogen and oxygen atoms in total. The molecule has 3 fully saturated rings. The first-order chi connectivity index (χ1) is 17.1. The summed E-state index contributed by atoms with van der Waals surface area (Å²) in [5.74, 6) is 0.309. The summed E-state index contributed by atoms with van der Waals surface area (Å²) in [4.78, 5) is 34.4. The zero-order chi connectivity index (χ0) is 24.1. The van der Waals surface area contributed by atoms with E-state index in [1.165, 1.54) is 0 Å². The Morgan fingerprint density at radius 1 is 1.09 bits per heavy atom. The fourth-order valence-corrected chi connectivity index (χ4v) is 5.56. The minimum absolute atomic E-state index is 0.0753. The molecule has 1 atom stereocenters. The second-order valence-electron chi connectivity index (χ2n) is 10.3. The smallest absolute Gasteiger partial charge is 0.407 e. The minimum Gasteiger partial charge on any atom is -0.446 e. The van der Waals surface area contributed by atoms with Crippen molar-refractivity contribution in [3.63, 3.8) is 0 Å². The average molecular weight is 477 g/mol. The Morgan fingerprint density at radius 2 is 1.86 bits per heavy atom. The number of aromatic nitrogens is 1. The number of likely N-dealkylation sites (tertiary alicyclic amines) is 2. The summed E-state index contributed by atoms with van der Waals surface area (Å²) in [6, 6.07) is 14.0. The second kappa shape index (κ2) is 10.8. The number of hydrogen-bond donors (Lipinski definition) is 1. The van der Waals surface area contributed by atoms with Gasteiger partial charge in [-0.2, -0.15) is 0 Å². The SMILES string of the molecule is O=C(N[C@@H](CCN1CCC2(CC1)CCN(Cc1cccnc1)C2=O)c1ccccc1)OC1CCC1. The zero-order valence-corrected chi connectivity index (χ0v) is 20.4. The summed E-state index contributed by atoms with van der Waals surface area (Å²) in [6.45, 7) is 4.20. The van der Waals surface area contributed by atoms with Crippen molar-refractivity contribution in [1.29, 1.82) is 0 Å². The van der Waals surface area contributed by atoms with Crippen LogP contribution in [0.5, 0.6) is 0 Å². The molecule has 1 N–H and O–H groups in total. The van der Waals surface area contributed by atoms with Crippen molar-refractivity contribution in [2.45, 2.75) is 63.6 Å². The van der Waals surface area contributed by atoms with Crippen LogP contribution in [0.3, 0.4) is 0 Å². The molecule has 2 saturated heterocycles. The highest BCUT2D eigenvalue weighted by atomic mass is 16.6. The van der Waals surface area contributed by atoms with Gasteiger partial charge in [0.25, 0.3) is 0 Å². The van der Waals surface area contributed by atoms with Crippen LogP contribution in [0.1, 0.15) is 62.1 Å². The monoisotopic (exact) mass is 476 g/mol.